The normalized spacial score (nSPS) is 8.50. The highest BCUT2D eigenvalue weighted by Crippen LogP contribution is 2.01. The van der Waals surface area contributed by atoms with Crippen molar-refractivity contribution < 1.29 is 0 Å². The lowest BCUT2D eigenvalue weighted by Gasteiger charge is -1.90. The molecule has 0 saturated carbocycles. The third kappa shape index (κ3) is 7.12. The van der Waals surface area contributed by atoms with Crippen LogP contribution in [0.1, 0.15) is 50.2 Å². The summed E-state index contributed by atoms with van der Waals surface area (Å²) in [5, 5.41) is 8.16. The molecule has 0 saturated heterocycles. The summed E-state index contributed by atoms with van der Waals surface area (Å²) in [4.78, 5) is 0. The second-order valence-corrected chi connectivity index (χ2v) is 4.11. The van der Waals surface area contributed by atoms with E-state index >= 15 is 0 Å². The fourth-order valence-electron chi connectivity index (χ4n) is 1.33. The van der Waals surface area contributed by atoms with E-state index in [-0.39, 0.29) is 0 Å². The molecule has 0 N–H and O–H groups in total. The van der Waals surface area contributed by atoms with Gasteiger partial charge in [-0.05, 0) is 38.8 Å². The second-order valence-electron chi connectivity index (χ2n) is 4.11. The maximum atomic E-state index is 4.13. The average molecular weight is 280 g/mol. The van der Waals surface area contributed by atoms with E-state index in [1.165, 1.54) is 16.8 Å². The summed E-state index contributed by atoms with van der Waals surface area (Å²) in [6.45, 7) is 16.2. The van der Waals surface area contributed by atoms with Crippen molar-refractivity contribution in [1.29, 1.82) is 0 Å². The molecule has 4 heteroatoms. The van der Waals surface area contributed by atoms with Crippen LogP contribution in [0.5, 0.6) is 0 Å². The summed E-state index contributed by atoms with van der Waals surface area (Å²) in [5.41, 5.74) is 4.87. The predicted octanol–water partition coefficient (Wildman–Crippen LogP) is 4.13. The highest BCUT2D eigenvalue weighted by molar-refractivity contribution is 5.12. The minimum Gasteiger partial charge on any atom is -0.275 e. The maximum Gasteiger partial charge on any atom is 0.0622 e. The summed E-state index contributed by atoms with van der Waals surface area (Å²) in [6.07, 6.45) is 3.88. The Hall–Kier alpha value is -1.58. The van der Waals surface area contributed by atoms with Gasteiger partial charge in [0.05, 0.1) is 11.9 Å². The van der Waals surface area contributed by atoms with Crippen molar-refractivity contribution in [2.45, 2.75) is 55.4 Å². The Morgan fingerprint density at radius 3 is 1.45 bits per heavy atom. The minimum absolute atomic E-state index is 1.12. The monoisotopic (exact) mass is 280 g/mol. The number of aryl methyl sites for hydroxylation is 5. The number of rotatable bonds is 0. The van der Waals surface area contributed by atoms with Gasteiger partial charge in [-0.3, -0.25) is 9.36 Å². The molecule has 0 bridgehead atoms. The van der Waals surface area contributed by atoms with Crippen LogP contribution >= 0.6 is 0 Å². The molecule has 116 valence electrons. The molecule has 0 radical (unpaired) electrons. The first-order valence-electron chi connectivity index (χ1n) is 7.34. The van der Waals surface area contributed by atoms with Crippen LogP contribution in [0.2, 0.25) is 0 Å². The molecule has 2 aromatic heterocycles. The van der Waals surface area contributed by atoms with Crippen molar-refractivity contribution in [2.24, 2.45) is 14.1 Å². The Balaban J connectivity index is 0. The molecule has 0 aliphatic carbocycles. The van der Waals surface area contributed by atoms with E-state index in [0.717, 1.165) is 5.69 Å². The molecule has 0 amide bonds. The van der Waals surface area contributed by atoms with Crippen molar-refractivity contribution >= 4 is 0 Å². The fourth-order valence-corrected chi connectivity index (χ4v) is 1.33. The van der Waals surface area contributed by atoms with Crippen molar-refractivity contribution in [3.63, 3.8) is 0 Å². The zero-order chi connectivity index (χ0) is 16.3. The Kier molecular flexibility index (Phi) is 11.7. The van der Waals surface area contributed by atoms with E-state index in [1.807, 2.05) is 70.5 Å². The number of hydrogen-bond acceptors (Lipinski definition) is 2. The van der Waals surface area contributed by atoms with Crippen molar-refractivity contribution in [2.75, 3.05) is 0 Å². The number of nitrogens with zero attached hydrogens (tertiary/aromatic N) is 4. The molecular formula is C16H32N4. The Morgan fingerprint density at radius 1 is 0.850 bits per heavy atom. The lowest BCUT2D eigenvalue weighted by molar-refractivity contribution is 0.739. The summed E-state index contributed by atoms with van der Waals surface area (Å²) < 4.78 is 3.69. The molecule has 4 nitrogen and oxygen atoms in total. The van der Waals surface area contributed by atoms with Gasteiger partial charge in [-0.2, -0.15) is 10.2 Å². The first kappa shape index (κ1) is 20.7. The van der Waals surface area contributed by atoms with Crippen LogP contribution in [0.15, 0.2) is 12.4 Å². The van der Waals surface area contributed by atoms with Gasteiger partial charge >= 0.3 is 0 Å². The zero-order valence-electron chi connectivity index (χ0n) is 14.9. The zero-order valence-corrected chi connectivity index (χ0v) is 14.9. The van der Waals surface area contributed by atoms with E-state index in [9.17, 15) is 0 Å². The van der Waals surface area contributed by atoms with Crippen LogP contribution in [-0.2, 0) is 14.1 Å². The summed E-state index contributed by atoms with van der Waals surface area (Å²) in [6, 6.07) is 0. The number of aromatic nitrogens is 4. The first-order chi connectivity index (χ1) is 9.41. The van der Waals surface area contributed by atoms with Gasteiger partial charge in [0, 0.05) is 26.0 Å². The Bertz CT molecular complexity index is 428. The topological polar surface area (TPSA) is 35.6 Å². The molecular weight excluding hydrogens is 248 g/mol. The summed E-state index contributed by atoms with van der Waals surface area (Å²) >= 11 is 0. The van der Waals surface area contributed by atoms with Gasteiger partial charge in [0.2, 0.25) is 0 Å². The molecule has 0 aliphatic rings. The van der Waals surface area contributed by atoms with Gasteiger partial charge < -0.3 is 0 Å². The van der Waals surface area contributed by atoms with Crippen LogP contribution in [0, 0.1) is 27.7 Å². The smallest absolute Gasteiger partial charge is 0.0622 e. The van der Waals surface area contributed by atoms with Gasteiger partial charge in [-0.1, -0.05) is 27.7 Å². The summed E-state index contributed by atoms with van der Waals surface area (Å²) in [7, 11) is 3.88. The van der Waals surface area contributed by atoms with Crippen molar-refractivity contribution in [3.8, 4) is 0 Å². The van der Waals surface area contributed by atoms with Crippen molar-refractivity contribution in [3.05, 3.63) is 34.9 Å². The van der Waals surface area contributed by atoms with Crippen LogP contribution in [-0.4, -0.2) is 19.6 Å². The van der Waals surface area contributed by atoms with Gasteiger partial charge in [0.1, 0.15) is 0 Å². The van der Waals surface area contributed by atoms with Crippen LogP contribution in [0.4, 0.5) is 0 Å². The Labute approximate surface area is 124 Å². The molecule has 0 aliphatic heterocycles. The summed E-state index contributed by atoms with van der Waals surface area (Å²) in [5.74, 6) is 0. The standard InChI is InChI=1S/2C6H10N2.2C2H6/c1-5-4-8(3)7-6(5)2;1-5-4-7-8(3)6(5)2;2*1-2/h2*4H,1-3H3;2*1-2H3. The van der Waals surface area contributed by atoms with Gasteiger partial charge in [0.25, 0.3) is 0 Å². The molecule has 0 spiro atoms. The van der Waals surface area contributed by atoms with E-state index in [0.29, 0.717) is 0 Å². The second kappa shape index (κ2) is 11.3. The van der Waals surface area contributed by atoms with E-state index < -0.39 is 0 Å². The van der Waals surface area contributed by atoms with Crippen LogP contribution in [0.3, 0.4) is 0 Å². The predicted molar refractivity (Wildman–Crippen MR) is 88.1 cm³/mol. The molecule has 20 heavy (non-hydrogen) atoms. The average Bonchev–Trinajstić information content (AvgIpc) is 2.91. The van der Waals surface area contributed by atoms with Crippen molar-refractivity contribution in [1.82, 2.24) is 19.6 Å². The highest BCUT2D eigenvalue weighted by Gasteiger charge is 1.94. The van der Waals surface area contributed by atoms with Crippen LogP contribution < -0.4 is 0 Å². The van der Waals surface area contributed by atoms with Gasteiger partial charge in [-0.15, -0.1) is 0 Å². The van der Waals surface area contributed by atoms with Gasteiger partial charge in [0.15, 0.2) is 0 Å². The van der Waals surface area contributed by atoms with E-state index in [1.54, 1.807) is 0 Å². The fraction of sp³-hybridized carbons (Fsp3) is 0.625. The Morgan fingerprint density at radius 2 is 1.35 bits per heavy atom. The molecule has 0 unspecified atom stereocenters. The molecule has 2 aromatic rings. The third-order valence-corrected chi connectivity index (χ3v) is 2.74. The molecule has 0 fully saturated rings. The lowest BCUT2D eigenvalue weighted by atomic mass is 10.3. The van der Waals surface area contributed by atoms with Crippen LogP contribution in [0.25, 0.3) is 0 Å². The minimum atomic E-state index is 1.12. The SMILES string of the molecule is CC.CC.Cc1cn(C)nc1C.Cc1cnn(C)c1C. The molecule has 0 atom stereocenters. The lowest BCUT2D eigenvalue weighted by Crippen LogP contribution is -1.91. The van der Waals surface area contributed by atoms with E-state index in [4.69, 9.17) is 0 Å². The molecule has 2 heterocycles. The first-order valence-corrected chi connectivity index (χ1v) is 7.34. The van der Waals surface area contributed by atoms with Gasteiger partial charge in [-0.25, -0.2) is 0 Å². The third-order valence-electron chi connectivity index (χ3n) is 2.74. The van der Waals surface area contributed by atoms with E-state index in [2.05, 4.69) is 31.0 Å². The maximum absolute atomic E-state index is 4.13. The quantitative estimate of drug-likeness (QED) is 0.727. The largest absolute Gasteiger partial charge is 0.275 e. The highest BCUT2D eigenvalue weighted by atomic mass is 15.3. The molecule has 2 rings (SSSR count). The molecule has 0 aromatic carbocycles. The number of hydrogen-bond donors (Lipinski definition) is 0.